The predicted octanol–water partition coefficient (Wildman–Crippen LogP) is 3.74. The Balaban J connectivity index is 1.77. The Hall–Kier alpha value is -1.99. The first-order valence-electron chi connectivity index (χ1n) is 7.00. The van der Waals surface area contributed by atoms with Gasteiger partial charge in [-0.25, -0.2) is 4.39 Å². The fraction of sp³-hybridized carbons (Fsp3) is 0.188. The molecule has 118 valence electrons. The van der Waals surface area contributed by atoms with Crippen molar-refractivity contribution < 1.29 is 9.18 Å². The molecule has 1 aromatic carbocycles. The van der Waals surface area contributed by atoms with Gasteiger partial charge in [0.25, 0.3) is 0 Å². The molecule has 4 nitrogen and oxygen atoms in total. The first-order chi connectivity index (χ1) is 11.1. The van der Waals surface area contributed by atoms with Crippen LogP contribution in [0.25, 0.3) is 0 Å². The summed E-state index contributed by atoms with van der Waals surface area (Å²) in [5.74, 6) is -0.303. The van der Waals surface area contributed by atoms with Crippen LogP contribution in [-0.2, 0) is 11.3 Å². The van der Waals surface area contributed by atoms with Crippen LogP contribution in [0.5, 0.6) is 0 Å². The van der Waals surface area contributed by atoms with Gasteiger partial charge in [-0.1, -0.05) is 30.0 Å². The monoisotopic (exact) mass is 347 g/mol. The molecule has 7 heteroatoms. The molecule has 0 N–H and O–H groups in total. The number of hydrogen-bond acceptors (Lipinski definition) is 5. The fourth-order valence-electron chi connectivity index (χ4n) is 2.08. The smallest absolute Gasteiger partial charge is 0.242 e. The second-order valence-corrected chi connectivity index (χ2v) is 7.24. The molecule has 2 aromatic rings. The summed E-state index contributed by atoms with van der Waals surface area (Å²) in [6.07, 6.45) is 1.67. The lowest BCUT2D eigenvalue weighted by Gasteiger charge is -2.15. The first-order valence-corrected chi connectivity index (χ1v) is 8.76. The molecular formula is C16H14FN3OS2. The van der Waals surface area contributed by atoms with Gasteiger partial charge in [-0.3, -0.25) is 9.69 Å². The van der Waals surface area contributed by atoms with Crippen LogP contribution in [0.4, 0.5) is 4.39 Å². The average molecular weight is 347 g/mol. The van der Waals surface area contributed by atoms with Gasteiger partial charge in [-0.15, -0.1) is 16.4 Å². The molecule has 0 bridgehead atoms. The zero-order valence-corrected chi connectivity index (χ0v) is 14.0. The second kappa shape index (κ2) is 7.06. The molecule has 1 unspecified atom stereocenters. The van der Waals surface area contributed by atoms with Crippen molar-refractivity contribution in [2.75, 3.05) is 0 Å². The zero-order valence-electron chi connectivity index (χ0n) is 12.3. The van der Waals surface area contributed by atoms with Crippen LogP contribution in [0.1, 0.15) is 17.4 Å². The molecule has 1 amide bonds. The molecule has 1 aromatic heterocycles. The van der Waals surface area contributed by atoms with E-state index in [0.29, 0.717) is 11.7 Å². The van der Waals surface area contributed by atoms with Crippen molar-refractivity contribution in [1.29, 1.82) is 0 Å². The maximum atomic E-state index is 13.0. The lowest BCUT2D eigenvalue weighted by atomic mass is 10.2. The largest absolute Gasteiger partial charge is 0.284 e. The minimum atomic E-state index is -0.293. The van der Waals surface area contributed by atoms with Gasteiger partial charge >= 0.3 is 0 Å². The van der Waals surface area contributed by atoms with E-state index in [1.165, 1.54) is 23.9 Å². The van der Waals surface area contributed by atoms with E-state index in [9.17, 15) is 9.18 Å². The molecule has 1 aliphatic heterocycles. The van der Waals surface area contributed by atoms with E-state index in [1.807, 2.05) is 24.4 Å². The van der Waals surface area contributed by atoms with Gasteiger partial charge < -0.3 is 0 Å². The minimum Gasteiger partial charge on any atom is -0.284 e. The number of hydrogen-bond donors (Lipinski definition) is 0. The molecule has 3 rings (SSSR count). The third-order valence-corrected chi connectivity index (χ3v) is 5.13. The van der Waals surface area contributed by atoms with Crippen LogP contribution in [0.3, 0.4) is 0 Å². The molecule has 23 heavy (non-hydrogen) atoms. The summed E-state index contributed by atoms with van der Waals surface area (Å²) in [4.78, 5) is 14.9. The van der Waals surface area contributed by atoms with Gasteiger partial charge in [0.2, 0.25) is 5.91 Å². The van der Waals surface area contributed by atoms with Gasteiger partial charge in [0.1, 0.15) is 5.82 Å². The molecule has 2 heterocycles. The summed E-state index contributed by atoms with van der Waals surface area (Å²) in [6, 6.07) is 10.00. The highest BCUT2D eigenvalue weighted by atomic mass is 32.2. The van der Waals surface area contributed by atoms with Crippen LogP contribution in [0.15, 0.2) is 52.0 Å². The number of carbonyl (C=O) groups is 1. The quantitative estimate of drug-likeness (QED) is 0.625. The Kier molecular flexibility index (Phi) is 4.88. The molecule has 1 atom stereocenters. The van der Waals surface area contributed by atoms with Crippen molar-refractivity contribution in [3.8, 4) is 0 Å². The van der Waals surface area contributed by atoms with Crippen molar-refractivity contribution >= 4 is 40.4 Å². The number of rotatable bonds is 4. The molecule has 1 aliphatic rings. The Morgan fingerprint density at radius 3 is 2.78 bits per heavy atom. The molecule has 0 aliphatic carbocycles. The first kappa shape index (κ1) is 15.9. The zero-order chi connectivity index (χ0) is 16.2. The number of carbonyl (C=O) groups excluding carboxylic acids is 1. The molecule has 0 radical (unpaired) electrons. The maximum absolute atomic E-state index is 13.0. The summed E-state index contributed by atoms with van der Waals surface area (Å²) in [5.41, 5.74) is 0.851. The Labute approximate surface area is 141 Å². The summed E-state index contributed by atoms with van der Waals surface area (Å²) in [5, 5.41) is 10.6. The van der Waals surface area contributed by atoms with Crippen LogP contribution in [-0.4, -0.2) is 27.4 Å². The van der Waals surface area contributed by atoms with E-state index in [2.05, 4.69) is 10.2 Å². The summed E-state index contributed by atoms with van der Waals surface area (Å²) in [6.45, 7) is 2.21. The Morgan fingerprint density at radius 2 is 2.09 bits per heavy atom. The number of benzene rings is 1. The van der Waals surface area contributed by atoms with E-state index in [4.69, 9.17) is 0 Å². The minimum absolute atomic E-state index is 0.00982. The number of thioether (sulfide) groups is 1. The van der Waals surface area contributed by atoms with Crippen LogP contribution in [0.2, 0.25) is 0 Å². The predicted molar refractivity (Wildman–Crippen MR) is 93.4 cm³/mol. The van der Waals surface area contributed by atoms with Crippen molar-refractivity contribution in [3.63, 3.8) is 0 Å². The molecule has 1 saturated heterocycles. The number of halogens is 1. The normalized spacial score (nSPS) is 20.1. The molecule has 0 spiro atoms. The van der Waals surface area contributed by atoms with Gasteiger partial charge in [-0.2, -0.15) is 5.10 Å². The Morgan fingerprint density at radius 1 is 1.30 bits per heavy atom. The topological polar surface area (TPSA) is 45.0 Å². The highest BCUT2D eigenvalue weighted by Gasteiger charge is 2.35. The molecule has 1 fully saturated rings. The van der Waals surface area contributed by atoms with Gasteiger partial charge in [0.05, 0.1) is 18.0 Å². The van der Waals surface area contributed by atoms with Crippen LogP contribution >= 0.6 is 23.1 Å². The highest BCUT2D eigenvalue weighted by Crippen LogP contribution is 2.28. The fourth-order valence-corrected chi connectivity index (χ4v) is 3.58. The molecular weight excluding hydrogens is 333 g/mol. The SMILES string of the molecule is CC1SC(=NN=Cc2cccs2)N(Cc2ccc(F)cc2)C1=O. The highest BCUT2D eigenvalue weighted by molar-refractivity contribution is 8.15. The third kappa shape index (κ3) is 3.86. The van der Waals surface area contributed by atoms with E-state index in [-0.39, 0.29) is 17.0 Å². The van der Waals surface area contributed by atoms with Gasteiger partial charge in [-0.05, 0) is 36.1 Å². The van der Waals surface area contributed by atoms with E-state index in [0.717, 1.165) is 10.4 Å². The van der Waals surface area contributed by atoms with Crippen LogP contribution < -0.4 is 0 Å². The number of thiophene rings is 1. The van der Waals surface area contributed by atoms with Crippen molar-refractivity contribution in [2.45, 2.75) is 18.7 Å². The standard InChI is InChI=1S/C16H14FN3OS2/c1-11-15(21)20(10-12-4-6-13(17)7-5-12)16(23-11)19-18-9-14-3-2-8-22-14/h2-9,11H,10H2,1H3. The number of nitrogens with zero attached hydrogens (tertiary/aromatic N) is 3. The van der Waals surface area contributed by atoms with E-state index >= 15 is 0 Å². The van der Waals surface area contributed by atoms with Gasteiger partial charge in [0.15, 0.2) is 5.17 Å². The van der Waals surface area contributed by atoms with Crippen molar-refractivity contribution in [2.24, 2.45) is 10.2 Å². The second-order valence-electron chi connectivity index (χ2n) is 4.95. The van der Waals surface area contributed by atoms with Gasteiger partial charge in [0, 0.05) is 4.88 Å². The molecule has 0 saturated carbocycles. The third-order valence-electron chi connectivity index (χ3n) is 3.25. The number of amides is 1. The van der Waals surface area contributed by atoms with Crippen molar-refractivity contribution in [3.05, 3.63) is 58.0 Å². The summed E-state index contributed by atoms with van der Waals surface area (Å²) in [7, 11) is 0. The Bertz CT molecular complexity index is 741. The lowest BCUT2D eigenvalue weighted by Crippen LogP contribution is -2.30. The maximum Gasteiger partial charge on any atom is 0.242 e. The van der Waals surface area contributed by atoms with Crippen molar-refractivity contribution in [1.82, 2.24) is 4.90 Å². The van der Waals surface area contributed by atoms with E-state index in [1.54, 1.807) is 34.6 Å². The number of amidine groups is 1. The lowest BCUT2D eigenvalue weighted by molar-refractivity contribution is -0.126. The van der Waals surface area contributed by atoms with E-state index < -0.39 is 0 Å². The average Bonchev–Trinajstić information content (AvgIpc) is 3.14. The summed E-state index contributed by atoms with van der Waals surface area (Å²) >= 11 is 2.95. The van der Waals surface area contributed by atoms with Crippen LogP contribution in [0, 0.1) is 5.82 Å². The summed E-state index contributed by atoms with van der Waals surface area (Å²) < 4.78 is 13.0.